The van der Waals surface area contributed by atoms with Gasteiger partial charge in [0.15, 0.2) is 0 Å². The van der Waals surface area contributed by atoms with Crippen LogP contribution in [0.2, 0.25) is 5.02 Å². The molecule has 2 aromatic carbocycles. The second-order valence-corrected chi connectivity index (χ2v) is 8.61. The number of carbonyl (C=O) groups excluding carboxylic acids is 1. The zero-order valence-corrected chi connectivity index (χ0v) is 16.1. The van der Waals surface area contributed by atoms with Crippen LogP contribution in [0.15, 0.2) is 36.4 Å². The number of nitrogens with zero attached hydrogens (tertiary/aromatic N) is 1. The van der Waals surface area contributed by atoms with Gasteiger partial charge in [0.05, 0.1) is 11.4 Å². The van der Waals surface area contributed by atoms with Gasteiger partial charge in [0, 0.05) is 34.4 Å². The van der Waals surface area contributed by atoms with E-state index in [2.05, 4.69) is 10.3 Å². The van der Waals surface area contributed by atoms with Crippen molar-refractivity contribution in [3.63, 3.8) is 0 Å². The van der Waals surface area contributed by atoms with Gasteiger partial charge in [-0.15, -0.1) is 0 Å². The smallest absolute Gasteiger partial charge is 0.269 e. The molecule has 0 saturated heterocycles. The zero-order chi connectivity index (χ0) is 20.5. The van der Waals surface area contributed by atoms with Crippen LogP contribution in [0.5, 0.6) is 0 Å². The van der Waals surface area contributed by atoms with Crippen molar-refractivity contribution in [2.75, 3.05) is 13.7 Å². The van der Waals surface area contributed by atoms with E-state index in [9.17, 15) is 18.1 Å². The summed E-state index contributed by atoms with van der Waals surface area (Å²) in [5, 5.41) is 11.3. The molecule has 1 heterocycles. The van der Waals surface area contributed by atoms with Crippen LogP contribution >= 0.6 is 19.0 Å². The number of amides is 1. The highest BCUT2D eigenvalue weighted by molar-refractivity contribution is 7.75. The molecule has 0 aliphatic heterocycles. The first-order valence-corrected chi connectivity index (χ1v) is 9.90. The molecule has 0 aliphatic rings. The number of halogens is 3. The maximum absolute atomic E-state index is 13.8. The summed E-state index contributed by atoms with van der Waals surface area (Å²) in [7, 11) is -3.00. The number of hydrogen-bond acceptors (Lipinski definition) is 4. The fraction of sp³-hybridized carbons (Fsp3) is 0.111. The zero-order valence-electron chi connectivity index (χ0n) is 14.4. The molecular weight excluding hydrogens is 411 g/mol. The van der Waals surface area contributed by atoms with E-state index in [0.29, 0.717) is 22.0 Å². The molecule has 0 fully saturated rings. The van der Waals surface area contributed by atoms with Gasteiger partial charge in [-0.3, -0.25) is 9.36 Å². The van der Waals surface area contributed by atoms with E-state index < -0.39 is 24.9 Å². The largest absolute Gasteiger partial charge is 0.350 e. The Labute approximate surface area is 163 Å². The molecule has 3 aromatic rings. The molecule has 6 nitrogen and oxygen atoms in total. The summed E-state index contributed by atoms with van der Waals surface area (Å²) in [6, 6.07) is 8.75. The van der Waals surface area contributed by atoms with Gasteiger partial charge in [0.2, 0.25) is 0 Å². The van der Waals surface area contributed by atoms with Crippen LogP contribution in [0, 0.1) is 23.0 Å². The van der Waals surface area contributed by atoms with E-state index in [1.54, 1.807) is 18.2 Å². The Kier molecular flexibility index (Phi) is 5.52. The predicted molar refractivity (Wildman–Crippen MR) is 101 cm³/mol. The van der Waals surface area contributed by atoms with Gasteiger partial charge >= 0.3 is 0 Å². The molecule has 1 aromatic heterocycles. The lowest BCUT2D eigenvalue weighted by molar-refractivity contribution is 0.0955. The monoisotopic (exact) mass is 423 g/mol. The summed E-state index contributed by atoms with van der Waals surface area (Å²) in [4.78, 5) is 15.4. The normalized spacial score (nSPS) is 13.1. The molecule has 2 N–H and O–H groups in total. The number of nitriles is 1. The molecule has 0 aliphatic carbocycles. The Morgan fingerprint density at radius 1 is 1.29 bits per heavy atom. The van der Waals surface area contributed by atoms with Crippen LogP contribution in [0.3, 0.4) is 0 Å². The number of aromatic amines is 1. The van der Waals surface area contributed by atoms with Gasteiger partial charge in [-0.05, 0) is 30.3 Å². The average Bonchev–Trinajstić information content (AvgIpc) is 3.03. The van der Waals surface area contributed by atoms with Crippen LogP contribution in [0.1, 0.15) is 10.5 Å². The van der Waals surface area contributed by atoms with E-state index in [1.807, 2.05) is 0 Å². The first-order valence-electron chi connectivity index (χ1n) is 7.89. The van der Waals surface area contributed by atoms with E-state index in [1.165, 1.54) is 6.07 Å². The minimum atomic E-state index is -4.11. The van der Waals surface area contributed by atoms with E-state index >= 15 is 0 Å². The molecule has 0 radical (unpaired) electrons. The van der Waals surface area contributed by atoms with Crippen LogP contribution in [-0.4, -0.2) is 24.5 Å². The SMILES string of the molecule is COP(=O)(c1cc(F)cc(F)c1)c1c(C(=O)NCC#N)[nH]c2ccc(Cl)cc12. The third-order valence-electron chi connectivity index (χ3n) is 4.03. The van der Waals surface area contributed by atoms with Gasteiger partial charge in [0.1, 0.15) is 23.9 Å². The maximum atomic E-state index is 13.8. The number of nitrogens with one attached hydrogen (secondary N) is 2. The van der Waals surface area contributed by atoms with E-state index in [-0.39, 0.29) is 22.8 Å². The molecule has 0 saturated carbocycles. The number of H-pyrrole nitrogens is 1. The van der Waals surface area contributed by atoms with Crippen LogP contribution in [-0.2, 0) is 9.09 Å². The molecule has 3 rings (SSSR count). The first kappa shape index (κ1) is 20.0. The number of fused-ring (bicyclic) bond motifs is 1. The fourth-order valence-corrected chi connectivity index (χ4v) is 5.23. The number of benzene rings is 2. The Hall–Kier alpha value is -2.72. The molecule has 144 valence electrons. The lowest BCUT2D eigenvalue weighted by Gasteiger charge is -2.18. The standard InChI is InChI=1S/C18H13ClF2N3O3P/c1-27-28(26,13-8-11(20)7-12(21)9-13)17-14-6-10(19)2-3-15(14)24-16(17)18(25)23-5-4-22/h2-3,6-9,24H,5H2,1H3,(H,23,25). The summed E-state index contributed by atoms with van der Waals surface area (Å²) in [5.41, 5.74) is 0.262. The van der Waals surface area contributed by atoms with E-state index in [4.69, 9.17) is 21.4 Å². The summed E-state index contributed by atoms with van der Waals surface area (Å²) in [5.74, 6) is -2.61. The number of carbonyl (C=O) groups is 1. The Bertz CT molecular complexity index is 1150. The van der Waals surface area contributed by atoms with Crippen LogP contribution in [0.4, 0.5) is 8.78 Å². The Morgan fingerprint density at radius 3 is 2.57 bits per heavy atom. The van der Waals surface area contributed by atoms with Crippen LogP contribution < -0.4 is 15.9 Å². The topological polar surface area (TPSA) is 95.0 Å². The molecule has 10 heteroatoms. The van der Waals surface area contributed by atoms with Gasteiger partial charge in [-0.1, -0.05) is 11.6 Å². The van der Waals surface area contributed by atoms with Crippen molar-refractivity contribution in [2.24, 2.45) is 0 Å². The molecule has 1 unspecified atom stereocenters. The van der Waals surface area contributed by atoms with Crippen molar-refractivity contribution in [1.29, 1.82) is 5.26 Å². The highest BCUT2D eigenvalue weighted by Gasteiger charge is 2.36. The lowest BCUT2D eigenvalue weighted by Crippen LogP contribution is -2.30. The molecule has 1 atom stereocenters. The number of hydrogen-bond donors (Lipinski definition) is 2. The molecule has 28 heavy (non-hydrogen) atoms. The third kappa shape index (κ3) is 3.52. The van der Waals surface area contributed by atoms with Crippen molar-refractivity contribution in [1.82, 2.24) is 10.3 Å². The second-order valence-electron chi connectivity index (χ2n) is 5.74. The molecule has 1 amide bonds. The molecular formula is C18H13ClF2N3O3P. The highest BCUT2D eigenvalue weighted by Crippen LogP contribution is 2.47. The van der Waals surface area contributed by atoms with Gasteiger partial charge < -0.3 is 14.8 Å². The summed E-state index contributed by atoms with van der Waals surface area (Å²) < 4.78 is 46.6. The fourth-order valence-electron chi connectivity index (χ4n) is 2.86. The van der Waals surface area contributed by atoms with Crippen molar-refractivity contribution in [3.8, 4) is 6.07 Å². The van der Waals surface area contributed by atoms with Gasteiger partial charge in [0.25, 0.3) is 13.3 Å². The Balaban J connectivity index is 2.34. The first-order chi connectivity index (χ1) is 13.3. The maximum Gasteiger partial charge on any atom is 0.269 e. The van der Waals surface area contributed by atoms with Crippen LogP contribution in [0.25, 0.3) is 10.9 Å². The van der Waals surface area contributed by atoms with Crippen molar-refractivity contribution in [2.45, 2.75) is 0 Å². The summed E-state index contributed by atoms with van der Waals surface area (Å²) in [6.07, 6.45) is 0. The third-order valence-corrected chi connectivity index (χ3v) is 6.77. The quantitative estimate of drug-likeness (QED) is 0.486. The second kappa shape index (κ2) is 7.72. The minimum absolute atomic E-state index is 0.0899. The van der Waals surface area contributed by atoms with Crippen molar-refractivity contribution in [3.05, 3.63) is 58.7 Å². The lowest BCUT2D eigenvalue weighted by atomic mass is 10.2. The molecule has 0 bridgehead atoms. The summed E-state index contributed by atoms with van der Waals surface area (Å²) >= 11 is 6.04. The highest BCUT2D eigenvalue weighted by atomic mass is 35.5. The Morgan fingerprint density at radius 2 is 1.96 bits per heavy atom. The minimum Gasteiger partial charge on any atom is -0.350 e. The number of rotatable bonds is 5. The van der Waals surface area contributed by atoms with E-state index in [0.717, 1.165) is 19.2 Å². The average molecular weight is 424 g/mol. The molecule has 0 spiro atoms. The van der Waals surface area contributed by atoms with Crippen molar-refractivity contribution < 1.29 is 22.7 Å². The van der Waals surface area contributed by atoms with Gasteiger partial charge in [-0.2, -0.15) is 5.26 Å². The summed E-state index contributed by atoms with van der Waals surface area (Å²) in [6.45, 7) is -0.291. The van der Waals surface area contributed by atoms with Crippen molar-refractivity contribution >= 4 is 46.4 Å². The number of aromatic nitrogens is 1. The van der Waals surface area contributed by atoms with Gasteiger partial charge in [-0.25, -0.2) is 8.78 Å². The predicted octanol–water partition coefficient (Wildman–Crippen LogP) is 3.23.